The van der Waals surface area contributed by atoms with Crippen molar-refractivity contribution in [3.05, 3.63) is 22.3 Å². The lowest BCUT2D eigenvalue weighted by molar-refractivity contribution is 0.812. The fourth-order valence-electron chi connectivity index (χ4n) is 2.16. The van der Waals surface area contributed by atoms with Gasteiger partial charge in [-0.15, -0.1) is 7.92 Å². The van der Waals surface area contributed by atoms with Crippen molar-refractivity contribution >= 4 is 7.92 Å². The summed E-state index contributed by atoms with van der Waals surface area (Å²) in [5.74, 6) is 0.699. The molecule has 0 fully saturated rings. The highest BCUT2D eigenvalue weighted by atomic mass is 31.1. The van der Waals surface area contributed by atoms with Crippen LogP contribution in [0.3, 0.4) is 0 Å². The van der Waals surface area contributed by atoms with Crippen LogP contribution >= 0.6 is 7.92 Å². The molecule has 1 unspecified atom stereocenters. The molecule has 0 aromatic rings. The van der Waals surface area contributed by atoms with E-state index in [1.165, 1.54) is 12.6 Å². The molecule has 0 radical (unpaired) electrons. The molecule has 0 N–H and O–H groups in total. The first-order valence-corrected chi connectivity index (χ1v) is 7.89. The van der Waals surface area contributed by atoms with E-state index in [2.05, 4.69) is 41.0 Å². The Kier molecular flexibility index (Phi) is 3.95. The minimum Gasteiger partial charge on any atom is -0.113 e. The Bertz CT molecular complexity index is 282. The summed E-state index contributed by atoms with van der Waals surface area (Å²) in [7, 11) is 0.260. The molecule has 0 aromatic carbocycles. The van der Waals surface area contributed by atoms with Gasteiger partial charge in [-0.25, -0.2) is 0 Å². The third-order valence-corrected chi connectivity index (χ3v) is 4.75. The van der Waals surface area contributed by atoms with E-state index in [9.17, 15) is 0 Å². The van der Waals surface area contributed by atoms with E-state index in [0.29, 0.717) is 5.92 Å². The van der Waals surface area contributed by atoms with Gasteiger partial charge in [-0.3, -0.25) is 0 Å². The highest BCUT2D eigenvalue weighted by Crippen LogP contribution is 2.40. The van der Waals surface area contributed by atoms with Gasteiger partial charge >= 0.3 is 0 Å². The highest BCUT2D eigenvalue weighted by molar-refractivity contribution is 7.55. The third kappa shape index (κ3) is 2.28. The molecule has 0 heterocycles. The second-order valence-electron chi connectivity index (χ2n) is 4.74. The van der Waals surface area contributed by atoms with Crippen molar-refractivity contribution in [3.8, 4) is 0 Å². The van der Waals surface area contributed by atoms with Crippen LogP contribution in [0.1, 0.15) is 34.1 Å². The molecule has 0 spiro atoms. The van der Waals surface area contributed by atoms with Crippen LogP contribution in [0.25, 0.3) is 0 Å². The van der Waals surface area contributed by atoms with E-state index < -0.39 is 0 Å². The average molecular weight is 210 g/mol. The molecule has 1 rings (SSSR count). The average Bonchev–Trinajstić information content (AvgIpc) is 2.29. The second-order valence-corrected chi connectivity index (χ2v) is 7.35. The number of rotatable bonds is 3. The maximum absolute atomic E-state index is 2.37. The van der Waals surface area contributed by atoms with Gasteiger partial charge in [0.05, 0.1) is 0 Å². The summed E-state index contributed by atoms with van der Waals surface area (Å²) in [4.78, 5) is 0. The molecule has 1 aliphatic carbocycles. The van der Waals surface area contributed by atoms with Crippen LogP contribution in [0, 0.1) is 5.92 Å². The second kappa shape index (κ2) is 4.62. The largest absolute Gasteiger partial charge is 0.113 e. The van der Waals surface area contributed by atoms with Crippen LogP contribution in [-0.4, -0.2) is 19.5 Å². The topological polar surface area (TPSA) is 0 Å². The molecule has 14 heavy (non-hydrogen) atoms. The molecule has 1 heteroatoms. The van der Waals surface area contributed by atoms with Crippen molar-refractivity contribution in [1.82, 2.24) is 0 Å². The molecule has 0 saturated carbocycles. The van der Waals surface area contributed by atoms with Crippen molar-refractivity contribution in [2.24, 2.45) is 5.92 Å². The van der Waals surface area contributed by atoms with E-state index >= 15 is 0 Å². The smallest absolute Gasteiger partial charge is 0.00152 e. The number of allylic oxidation sites excluding steroid dienone is 4. The summed E-state index contributed by atoms with van der Waals surface area (Å²) < 4.78 is 0. The van der Waals surface area contributed by atoms with E-state index in [-0.39, 0.29) is 7.92 Å². The fraction of sp³-hybridized carbons (Fsp3) is 0.692. The molecule has 80 valence electrons. The molecule has 0 aliphatic heterocycles. The van der Waals surface area contributed by atoms with Crippen molar-refractivity contribution in [2.75, 3.05) is 19.5 Å². The molecule has 0 aromatic heterocycles. The third-order valence-electron chi connectivity index (χ3n) is 3.63. The summed E-state index contributed by atoms with van der Waals surface area (Å²) in [6.45, 7) is 14.0. The normalized spacial score (nSPS) is 22.9. The van der Waals surface area contributed by atoms with Gasteiger partial charge in [0.15, 0.2) is 0 Å². The summed E-state index contributed by atoms with van der Waals surface area (Å²) >= 11 is 0. The molecule has 0 amide bonds. The quantitative estimate of drug-likeness (QED) is 0.605. The molecule has 1 atom stereocenters. The first kappa shape index (κ1) is 12.0. The summed E-state index contributed by atoms with van der Waals surface area (Å²) in [6.07, 6.45) is 2.69. The maximum atomic E-state index is 2.37. The van der Waals surface area contributed by atoms with Gasteiger partial charge < -0.3 is 0 Å². The molecule has 0 bridgehead atoms. The fourth-order valence-corrected chi connectivity index (χ4v) is 2.84. The molecule has 0 saturated heterocycles. The minimum atomic E-state index is 0.260. The Morgan fingerprint density at radius 1 is 1.07 bits per heavy atom. The number of hydrogen-bond donors (Lipinski definition) is 0. The van der Waals surface area contributed by atoms with Gasteiger partial charge in [-0.05, 0) is 63.7 Å². The van der Waals surface area contributed by atoms with E-state index in [1.54, 1.807) is 22.3 Å². The van der Waals surface area contributed by atoms with Gasteiger partial charge in [0.25, 0.3) is 0 Å². The number of hydrogen-bond acceptors (Lipinski definition) is 0. The van der Waals surface area contributed by atoms with E-state index in [4.69, 9.17) is 0 Å². The molecule has 1 aliphatic rings. The molecule has 0 nitrogen and oxygen atoms in total. The molecular formula is C13H23P. The summed E-state index contributed by atoms with van der Waals surface area (Å²) in [5.41, 5.74) is 6.45. The lowest BCUT2D eigenvalue weighted by Crippen LogP contribution is -1.93. The Hall–Kier alpha value is -0.0900. The minimum absolute atomic E-state index is 0.260. The first-order chi connectivity index (χ1) is 6.45. The Morgan fingerprint density at radius 2 is 1.64 bits per heavy atom. The zero-order valence-electron chi connectivity index (χ0n) is 10.4. The van der Waals surface area contributed by atoms with Gasteiger partial charge in [0, 0.05) is 0 Å². The van der Waals surface area contributed by atoms with Crippen LogP contribution < -0.4 is 0 Å². The van der Waals surface area contributed by atoms with Crippen molar-refractivity contribution in [3.63, 3.8) is 0 Å². The van der Waals surface area contributed by atoms with Gasteiger partial charge in [0.1, 0.15) is 0 Å². The van der Waals surface area contributed by atoms with Crippen LogP contribution in [0.4, 0.5) is 0 Å². The summed E-state index contributed by atoms with van der Waals surface area (Å²) in [5, 5.41) is 0. The van der Waals surface area contributed by atoms with Crippen LogP contribution in [0.15, 0.2) is 22.3 Å². The van der Waals surface area contributed by atoms with E-state index in [1.807, 2.05) is 0 Å². The Labute approximate surface area is 90.2 Å². The standard InChI is InChI=1S/C13H23P/c1-9-10(2)12(4)13(11(9)3)7-8-14(5)6/h9H,7-8H2,1-6H3. The van der Waals surface area contributed by atoms with Crippen LogP contribution in [-0.2, 0) is 0 Å². The van der Waals surface area contributed by atoms with Gasteiger partial charge in [-0.1, -0.05) is 18.1 Å². The Balaban J connectivity index is 2.77. The van der Waals surface area contributed by atoms with Gasteiger partial charge in [0.2, 0.25) is 0 Å². The zero-order valence-corrected chi connectivity index (χ0v) is 11.3. The zero-order chi connectivity index (χ0) is 10.9. The van der Waals surface area contributed by atoms with Gasteiger partial charge in [-0.2, -0.15) is 0 Å². The van der Waals surface area contributed by atoms with Crippen molar-refractivity contribution in [1.29, 1.82) is 0 Å². The summed E-state index contributed by atoms with van der Waals surface area (Å²) in [6, 6.07) is 0. The van der Waals surface area contributed by atoms with Crippen molar-refractivity contribution in [2.45, 2.75) is 34.1 Å². The predicted molar refractivity (Wildman–Crippen MR) is 68.5 cm³/mol. The van der Waals surface area contributed by atoms with E-state index in [0.717, 1.165) is 0 Å². The SMILES string of the molecule is CC1=C(C)C(C)C(C)=C1CCP(C)C. The first-order valence-electron chi connectivity index (χ1n) is 5.47. The molecular weight excluding hydrogens is 187 g/mol. The van der Waals surface area contributed by atoms with Crippen molar-refractivity contribution < 1.29 is 0 Å². The monoisotopic (exact) mass is 210 g/mol. The lowest BCUT2D eigenvalue weighted by atomic mass is 9.99. The predicted octanol–water partition coefficient (Wildman–Crippen LogP) is 4.42. The Morgan fingerprint density at radius 3 is 2.00 bits per heavy atom. The lowest BCUT2D eigenvalue weighted by Gasteiger charge is -2.10. The van der Waals surface area contributed by atoms with Crippen LogP contribution in [0.5, 0.6) is 0 Å². The maximum Gasteiger partial charge on any atom is -0.00152 e. The van der Waals surface area contributed by atoms with Crippen LogP contribution in [0.2, 0.25) is 0 Å². The highest BCUT2D eigenvalue weighted by Gasteiger charge is 2.22.